The molecule has 1 rings (SSSR count). The van der Waals surface area contributed by atoms with E-state index in [0.29, 0.717) is 30.2 Å². The van der Waals surface area contributed by atoms with Gasteiger partial charge < -0.3 is 15.5 Å². The van der Waals surface area contributed by atoms with Gasteiger partial charge in [0.2, 0.25) is 0 Å². The molecule has 1 aromatic rings. The molecule has 0 aliphatic heterocycles. The first kappa shape index (κ1) is 14.7. The second kappa shape index (κ2) is 7.18. The molecule has 0 aromatic heterocycles. The standard InChI is InChI=1S/C12H17ClFN3O/c1-17(2)12(18)16-6-5-15-8-9-7-10(13)3-4-11(9)14/h3-4,7,15H,5-6,8H2,1-2H3,(H,16,18). The number of hydrogen-bond donors (Lipinski definition) is 2. The summed E-state index contributed by atoms with van der Waals surface area (Å²) in [6.07, 6.45) is 0. The molecule has 0 bridgehead atoms. The number of urea groups is 1. The highest BCUT2D eigenvalue weighted by molar-refractivity contribution is 6.30. The van der Waals surface area contributed by atoms with Crippen LogP contribution in [0.3, 0.4) is 0 Å². The van der Waals surface area contributed by atoms with Crippen LogP contribution in [0.2, 0.25) is 5.02 Å². The van der Waals surface area contributed by atoms with E-state index < -0.39 is 0 Å². The van der Waals surface area contributed by atoms with Gasteiger partial charge in [-0.15, -0.1) is 0 Å². The Morgan fingerprint density at radius 3 is 2.78 bits per heavy atom. The van der Waals surface area contributed by atoms with Gasteiger partial charge in [-0.25, -0.2) is 9.18 Å². The zero-order chi connectivity index (χ0) is 13.5. The van der Waals surface area contributed by atoms with Crippen molar-refractivity contribution in [2.24, 2.45) is 0 Å². The Labute approximate surface area is 111 Å². The van der Waals surface area contributed by atoms with Crippen LogP contribution in [0.15, 0.2) is 18.2 Å². The molecule has 18 heavy (non-hydrogen) atoms. The van der Waals surface area contributed by atoms with Crippen molar-refractivity contribution >= 4 is 17.6 Å². The largest absolute Gasteiger partial charge is 0.337 e. The molecule has 0 aliphatic rings. The van der Waals surface area contributed by atoms with E-state index in [4.69, 9.17) is 11.6 Å². The van der Waals surface area contributed by atoms with Crippen LogP contribution in [0.25, 0.3) is 0 Å². The molecular weight excluding hydrogens is 257 g/mol. The molecule has 0 atom stereocenters. The second-order valence-electron chi connectivity index (χ2n) is 4.04. The van der Waals surface area contributed by atoms with Crippen molar-refractivity contribution < 1.29 is 9.18 Å². The number of rotatable bonds is 5. The molecule has 0 fully saturated rings. The third kappa shape index (κ3) is 4.89. The Hall–Kier alpha value is -1.33. The number of benzene rings is 1. The summed E-state index contributed by atoms with van der Waals surface area (Å²) in [4.78, 5) is 12.6. The number of carbonyl (C=O) groups is 1. The number of carbonyl (C=O) groups excluding carboxylic acids is 1. The third-order valence-corrected chi connectivity index (χ3v) is 2.54. The van der Waals surface area contributed by atoms with E-state index in [0.717, 1.165) is 0 Å². The fourth-order valence-electron chi connectivity index (χ4n) is 1.32. The Morgan fingerprint density at radius 2 is 2.11 bits per heavy atom. The van der Waals surface area contributed by atoms with E-state index in [1.807, 2.05) is 0 Å². The van der Waals surface area contributed by atoms with Gasteiger partial charge in [0.1, 0.15) is 5.82 Å². The molecule has 0 unspecified atom stereocenters. The number of amides is 2. The van der Waals surface area contributed by atoms with E-state index in [-0.39, 0.29) is 11.8 Å². The summed E-state index contributed by atoms with van der Waals surface area (Å²) in [6.45, 7) is 1.43. The smallest absolute Gasteiger partial charge is 0.316 e. The van der Waals surface area contributed by atoms with Crippen molar-refractivity contribution in [1.29, 1.82) is 0 Å². The zero-order valence-electron chi connectivity index (χ0n) is 10.5. The summed E-state index contributed by atoms with van der Waals surface area (Å²) >= 11 is 5.78. The van der Waals surface area contributed by atoms with Crippen LogP contribution in [0.1, 0.15) is 5.56 Å². The van der Waals surface area contributed by atoms with Gasteiger partial charge in [-0.1, -0.05) is 11.6 Å². The van der Waals surface area contributed by atoms with Crippen LogP contribution in [-0.4, -0.2) is 38.1 Å². The fourth-order valence-corrected chi connectivity index (χ4v) is 1.51. The minimum Gasteiger partial charge on any atom is -0.337 e. The highest BCUT2D eigenvalue weighted by Crippen LogP contribution is 2.14. The Bertz CT molecular complexity index is 412. The molecule has 4 nitrogen and oxygen atoms in total. The highest BCUT2D eigenvalue weighted by atomic mass is 35.5. The SMILES string of the molecule is CN(C)C(=O)NCCNCc1cc(Cl)ccc1F. The summed E-state index contributed by atoms with van der Waals surface area (Å²) in [5, 5.41) is 6.24. The quantitative estimate of drug-likeness (QED) is 0.804. The first-order chi connectivity index (χ1) is 8.50. The van der Waals surface area contributed by atoms with Crippen LogP contribution >= 0.6 is 11.6 Å². The van der Waals surface area contributed by atoms with Gasteiger partial charge in [-0.3, -0.25) is 0 Å². The van der Waals surface area contributed by atoms with Gasteiger partial charge in [0.25, 0.3) is 0 Å². The summed E-state index contributed by atoms with van der Waals surface area (Å²) in [7, 11) is 3.34. The molecule has 0 saturated heterocycles. The Kier molecular flexibility index (Phi) is 5.88. The number of nitrogens with zero attached hydrogens (tertiary/aromatic N) is 1. The van der Waals surface area contributed by atoms with Gasteiger partial charge in [0, 0.05) is 44.3 Å². The van der Waals surface area contributed by atoms with Gasteiger partial charge in [-0.2, -0.15) is 0 Å². The summed E-state index contributed by atoms with van der Waals surface area (Å²) in [5.41, 5.74) is 0.515. The average Bonchev–Trinajstić information content (AvgIpc) is 2.32. The van der Waals surface area contributed by atoms with Crippen molar-refractivity contribution in [2.45, 2.75) is 6.54 Å². The van der Waals surface area contributed by atoms with Crippen LogP contribution in [0, 0.1) is 5.82 Å². The van der Waals surface area contributed by atoms with E-state index >= 15 is 0 Å². The normalized spacial score (nSPS) is 10.2. The molecule has 0 aliphatic carbocycles. The topological polar surface area (TPSA) is 44.4 Å². The molecule has 100 valence electrons. The summed E-state index contributed by atoms with van der Waals surface area (Å²) < 4.78 is 13.3. The van der Waals surface area contributed by atoms with E-state index in [1.54, 1.807) is 20.2 Å². The summed E-state index contributed by atoms with van der Waals surface area (Å²) in [5.74, 6) is -0.288. The van der Waals surface area contributed by atoms with E-state index in [2.05, 4.69) is 10.6 Å². The first-order valence-corrected chi connectivity index (χ1v) is 5.98. The van der Waals surface area contributed by atoms with Crippen LogP contribution in [-0.2, 0) is 6.54 Å². The predicted molar refractivity (Wildman–Crippen MR) is 70.2 cm³/mol. The van der Waals surface area contributed by atoms with Crippen molar-refractivity contribution in [3.63, 3.8) is 0 Å². The fraction of sp³-hybridized carbons (Fsp3) is 0.417. The Morgan fingerprint density at radius 1 is 1.39 bits per heavy atom. The van der Waals surface area contributed by atoms with Gasteiger partial charge in [0.15, 0.2) is 0 Å². The molecule has 2 amide bonds. The Balaban J connectivity index is 2.26. The van der Waals surface area contributed by atoms with Gasteiger partial charge in [0.05, 0.1) is 0 Å². The zero-order valence-corrected chi connectivity index (χ0v) is 11.2. The van der Waals surface area contributed by atoms with E-state index in [9.17, 15) is 9.18 Å². The molecule has 0 heterocycles. The minimum atomic E-state index is -0.288. The summed E-state index contributed by atoms with van der Waals surface area (Å²) in [6, 6.07) is 4.29. The second-order valence-corrected chi connectivity index (χ2v) is 4.48. The minimum absolute atomic E-state index is 0.147. The lowest BCUT2D eigenvalue weighted by molar-refractivity contribution is 0.217. The van der Waals surface area contributed by atoms with Crippen LogP contribution < -0.4 is 10.6 Å². The van der Waals surface area contributed by atoms with Crippen molar-refractivity contribution in [3.05, 3.63) is 34.6 Å². The van der Waals surface area contributed by atoms with E-state index in [1.165, 1.54) is 17.0 Å². The third-order valence-electron chi connectivity index (χ3n) is 2.31. The maximum atomic E-state index is 13.3. The van der Waals surface area contributed by atoms with Gasteiger partial charge in [-0.05, 0) is 18.2 Å². The number of hydrogen-bond acceptors (Lipinski definition) is 2. The highest BCUT2D eigenvalue weighted by Gasteiger charge is 2.03. The number of halogens is 2. The first-order valence-electron chi connectivity index (χ1n) is 5.60. The maximum Gasteiger partial charge on any atom is 0.316 e. The predicted octanol–water partition coefficient (Wildman–Crippen LogP) is 1.84. The van der Waals surface area contributed by atoms with Gasteiger partial charge >= 0.3 is 6.03 Å². The molecule has 0 spiro atoms. The molecule has 1 aromatic carbocycles. The molecule has 0 radical (unpaired) electrons. The monoisotopic (exact) mass is 273 g/mol. The van der Waals surface area contributed by atoms with Crippen molar-refractivity contribution in [1.82, 2.24) is 15.5 Å². The molecule has 6 heteroatoms. The van der Waals surface area contributed by atoms with Crippen LogP contribution in [0.5, 0.6) is 0 Å². The van der Waals surface area contributed by atoms with Crippen molar-refractivity contribution in [2.75, 3.05) is 27.2 Å². The molecule has 0 saturated carbocycles. The lowest BCUT2D eigenvalue weighted by Gasteiger charge is -2.12. The average molecular weight is 274 g/mol. The maximum absolute atomic E-state index is 13.3. The van der Waals surface area contributed by atoms with Crippen molar-refractivity contribution in [3.8, 4) is 0 Å². The molecular formula is C12H17ClFN3O. The lowest BCUT2D eigenvalue weighted by Crippen LogP contribution is -2.38. The molecule has 2 N–H and O–H groups in total. The number of nitrogens with one attached hydrogen (secondary N) is 2. The van der Waals surface area contributed by atoms with Crippen LogP contribution in [0.4, 0.5) is 9.18 Å². The lowest BCUT2D eigenvalue weighted by atomic mass is 10.2.